The van der Waals surface area contributed by atoms with Crippen LogP contribution in [0.1, 0.15) is 36.0 Å². The number of imide groups is 1. The van der Waals surface area contributed by atoms with E-state index in [-0.39, 0.29) is 10.7 Å². The molecule has 0 aliphatic carbocycles. The molecule has 1 saturated heterocycles. The van der Waals surface area contributed by atoms with Gasteiger partial charge in [0.05, 0.1) is 18.4 Å². The molecular formula is C18H19ClN2O4. The second-order valence-corrected chi connectivity index (χ2v) is 6.43. The van der Waals surface area contributed by atoms with Gasteiger partial charge in [0, 0.05) is 13.1 Å². The minimum absolute atomic E-state index is 0.0380. The number of hydrogen-bond donors (Lipinski definition) is 0. The van der Waals surface area contributed by atoms with Crippen molar-refractivity contribution in [3.05, 3.63) is 40.6 Å². The molecule has 1 aromatic carbocycles. The summed E-state index contributed by atoms with van der Waals surface area (Å²) in [5.41, 5.74) is 1.01. The molecule has 2 amide bonds. The quantitative estimate of drug-likeness (QED) is 0.611. The van der Waals surface area contributed by atoms with Crippen LogP contribution < -0.4 is 4.90 Å². The van der Waals surface area contributed by atoms with E-state index in [2.05, 4.69) is 4.74 Å². The van der Waals surface area contributed by atoms with Crippen molar-refractivity contribution in [3.8, 4) is 0 Å². The van der Waals surface area contributed by atoms with Crippen molar-refractivity contribution in [1.82, 2.24) is 4.90 Å². The SMILES string of the molecule is COC(=O)c1ccc(N2C(=O)C(Cl)=C(N3CCCCCC3)C2=O)cc1. The van der Waals surface area contributed by atoms with Crippen molar-refractivity contribution >= 4 is 35.1 Å². The average Bonchev–Trinajstić information content (AvgIpc) is 2.82. The highest BCUT2D eigenvalue weighted by molar-refractivity contribution is 6.52. The monoisotopic (exact) mass is 362 g/mol. The third-order valence-electron chi connectivity index (χ3n) is 4.47. The Bertz CT molecular complexity index is 734. The van der Waals surface area contributed by atoms with Crippen LogP contribution in [0.4, 0.5) is 5.69 Å². The fraction of sp³-hybridized carbons (Fsp3) is 0.389. The molecule has 0 spiro atoms. The number of methoxy groups -OCH3 is 1. The Hall–Kier alpha value is -2.34. The summed E-state index contributed by atoms with van der Waals surface area (Å²) in [6, 6.07) is 6.11. The Morgan fingerprint density at radius 1 is 1.00 bits per heavy atom. The Kier molecular flexibility index (Phi) is 5.08. The van der Waals surface area contributed by atoms with Crippen LogP contribution in [-0.4, -0.2) is 42.9 Å². The summed E-state index contributed by atoms with van der Waals surface area (Å²) in [4.78, 5) is 39.9. The molecule has 25 heavy (non-hydrogen) atoms. The van der Waals surface area contributed by atoms with Crippen LogP contribution in [0.2, 0.25) is 0 Å². The lowest BCUT2D eigenvalue weighted by molar-refractivity contribution is -0.121. The molecule has 0 bridgehead atoms. The number of likely N-dealkylation sites (tertiary alicyclic amines) is 1. The summed E-state index contributed by atoms with van der Waals surface area (Å²) < 4.78 is 4.65. The first-order valence-corrected chi connectivity index (χ1v) is 8.64. The van der Waals surface area contributed by atoms with E-state index in [4.69, 9.17) is 11.6 Å². The number of rotatable bonds is 3. The fourth-order valence-electron chi connectivity index (χ4n) is 3.16. The molecule has 1 aromatic rings. The van der Waals surface area contributed by atoms with Gasteiger partial charge in [-0.3, -0.25) is 9.59 Å². The number of benzene rings is 1. The highest BCUT2D eigenvalue weighted by Gasteiger charge is 2.41. The van der Waals surface area contributed by atoms with E-state index in [1.54, 1.807) is 0 Å². The van der Waals surface area contributed by atoms with Gasteiger partial charge in [-0.15, -0.1) is 0 Å². The number of carbonyl (C=O) groups is 3. The molecule has 3 rings (SSSR count). The molecule has 0 aromatic heterocycles. The van der Waals surface area contributed by atoms with Gasteiger partial charge in [-0.05, 0) is 37.1 Å². The minimum atomic E-state index is -0.531. The first-order chi connectivity index (χ1) is 12.0. The fourth-order valence-corrected chi connectivity index (χ4v) is 3.44. The highest BCUT2D eigenvalue weighted by atomic mass is 35.5. The van der Waals surface area contributed by atoms with E-state index >= 15 is 0 Å². The largest absolute Gasteiger partial charge is 0.465 e. The lowest BCUT2D eigenvalue weighted by Crippen LogP contribution is -2.35. The number of esters is 1. The third kappa shape index (κ3) is 3.26. The Morgan fingerprint density at radius 2 is 1.60 bits per heavy atom. The summed E-state index contributed by atoms with van der Waals surface area (Å²) >= 11 is 6.21. The zero-order valence-corrected chi connectivity index (χ0v) is 14.7. The summed E-state index contributed by atoms with van der Waals surface area (Å²) in [6.45, 7) is 1.44. The van der Waals surface area contributed by atoms with Crippen LogP contribution in [0.15, 0.2) is 35.0 Å². The van der Waals surface area contributed by atoms with Crippen LogP contribution in [-0.2, 0) is 14.3 Å². The Labute approximate surface area is 151 Å². The standard InChI is InChI=1S/C18H19ClN2O4/c1-25-18(24)12-6-8-13(9-7-12)21-16(22)14(19)15(17(21)23)20-10-4-2-3-5-11-20/h6-9H,2-5,10-11H2,1H3. The van der Waals surface area contributed by atoms with Gasteiger partial charge in [0.2, 0.25) is 0 Å². The number of ether oxygens (including phenoxy) is 1. The Balaban J connectivity index is 1.86. The zero-order chi connectivity index (χ0) is 18.0. The van der Waals surface area contributed by atoms with Gasteiger partial charge in [0.25, 0.3) is 11.8 Å². The van der Waals surface area contributed by atoms with Crippen LogP contribution in [0.25, 0.3) is 0 Å². The van der Waals surface area contributed by atoms with E-state index < -0.39 is 17.8 Å². The van der Waals surface area contributed by atoms with Crippen LogP contribution in [0.3, 0.4) is 0 Å². The second-order valence-electron chi connectivity index (χ2n) is 6.05. The number of hydrogen-bond acceptors (Lipinski definition) is 5. The van der Waals surface area contributed by atoms with Gasteiger partial charge in [-0.25, -0.2) is 9.69 Å². The number of carbonyl (C=O) groups excluding carboxylic acids is 3. The van der Waals surface area contributed by atoms with Crippen LogP contribution in [0.5, 0.6) is 0 Å². The van der Waals surface area contributed by atoms with E-state index in [0.717, 1.165) is 43.7 Å². The molecule has 2 aliphatic heterocycles. The molecule has 0 atom stereocenters. The maximum atomic E-state index is 12.8. The predicted molar refractivity (Wildman–Crippen MR) is 93.2 cm³/mol. The molecule has 2 aliphatic rings. The predicted octanol–water partition coefficient (Wildman–Crippen LogP) is 2.67. The summed E-state index contributed by atoms with van der Waals surface area (Å²) in [5, 5.41) is -0.0380. The van der Waals surface area contributed by atoms with Crippen molar-refractivity contribution in [2.45, 2.75) is 25.7 Å². The number of anilines is 1. The van der Waals surface area contributed by atoms with E-state index in [9.17, 15) is 14.4 Å². The summed E-state index contributed by atoms with van der Waals surface area (Å²) in [6.07, 6.45) is 4.18. The molecule has 0 unspecified atom stereocenters. The number of halogens is 1. The van der Waals surface area contributed by atoms with E-state index in [0.29, 0.717) is 11.3 Å². The molecule has 1 fully saturated rings. The number of amides is 2. The number of nitrogens with zero attached hydrogens (tertiary/aromatic N) is 2. The molecule has 132 valence electrons. The van der Waals surface area contributed by atoms with Gasteiger partial charge < -0.3 is 9.64 Å². The zero-order valence-electron chi connectivity index (χ0n) is 14.0. The molecule has 2 heterocycles. The maximum Gasteiger partial charge on any atom is 0.337 e. The topological polar surface area (TPSA) is 66.9 Å². The Morgan fingerprint density at radius 3 is 2.16 bits per heavy atom. The highest BCUT2D eigenvalue weighted by Crippen LogP contribution is 2.32. The van der Waals surface area contributed by atoms with Crippen LogP contribution in [0, 0.1) is 0 Å². The van der Waals surface area contributed by atoms with Gasteiger partial charge in [0.1, 0.15) is 10.7 Å². The first kappa shape index (κ1) is 17.5. The normalized spacial score (nSPS) is 18.6. The average molecular weight is 363 g/mol. The smallest absolute Gasteiger partial charge is 0.337 e. The first-order valence-electron chi connectivity index (χ1n) is 8.26. The minimum Gasteiger partial charge on any atom is -0.465 e. The summed E-state index contributed by atoms with van der Waals surface area (Å²) in [7, 11) is 1.29. The molecule has 7 heteroatoms. The van der Waals surface area contributed by atoms with Crippen molar-refractivity contribution in [2.75, 3.05) is 25.1 Å². The molecule has 0 saturated carbocycles. The van der Waals surface area contributed by atoms with Crippen molar-refractivity contribution in [3.63, 3.8) is 0 Å². The van der Waals surface area contributed by atoms with Crippen molar-refractivity contribution in [2.24, 2.45) is 0 Å². The van der Waals surface area contributed by atoms with Gasteiger partial charge >= 0.3 is 5.97 Å². The molecule has 0 radical (unpaired) electrons. The van der Waals surface area contributed by atoms with Gasteiger partial charge in [0.15, 0.2) is 0 Å². The summed E-state index contributed by atoms with van der Waals surface area (Å²) in [5.74, 6) is -1.42. The van der Waals surface area contributed by atoms with Gasteiger partial charge in [-0.2, -0.15) is 0 Å². The molecular weight excluding hydrogens is 344 g/mol. The molecule has 0 N–H and O–H groups in total. The van der Waals surface area contributed by atoms with Crippen LogP contribution >= 0.6 is 11.6 Å². The second kappa shape index (κ2) is 7.27. The van der Waals surface area contributed by atoms with Gasteiger partial charge in [-0.1, -0.05) is 24.4 Å². The van der Waals surface area contributed by atoms with Crippen molar-refractivity contribution in [1.29, 1.82) is 0 Å². The lowest BCUT2D eigenvalue weighted by atomic mass is 10.2. The molecule has 6 nitrogen and oxygen atoms in total. The van der Waals surface area contributed by atoms with E-state index in [1.165, 1.54) is 31.4 Å². The van der Waals surface area contributed by atoms with E-state index in [1.807, 2.05) is 4.90 Å². The lowest BCUT2D eigenvalue weighted by Gasteiger charge is -2.23. The maximum absolute atomic E-state index is 12.8. The van der Waals surface area contributed by atoms with Crippen molar-refractivity contribution < 1.29 is 19.1 Å². The third-order valence-corrected chi connectivity index (χ3v) is 4.81.